The van der Waals surface area contributed by atoms with Crippen LogP contribution in [0.4, 0.5) is 0 Å². The van der Waals surface area contributed by atoms with E-state index in [0.717, 1.165) is 51.4 Å². The summed E-state index contributed by atoms with van der Waals surface area (Å²) in [6.45, 7) is 4.14. The number of amides is 1. The van der Waals surface area contributed by atoms with Gasteiger partial charge in [-0.3, -0.25) is 4.79 Å². The van der Waals surface area contributed by atoms with Crippen LogP contribution in [0.3, 0.4) is 0 Å². The molecule has 0 aromatic carbocycles. The Balaban J connectivity index is 3.67. The standard InChI is InChI=1S/C49H85NO3/c1-3-5-7-9-11-13-15-17-18-19-20-21-22-23-24-25-26-27-28-29-30-31-33-34-36-38-40-42-44-48(52)47(46-51)50-49(53)45-43-41-39-37-35-32-16-14-12-10-8-6-4-2/h6,8,12,14,29-30,32,34-36,39,41-42,44,47-48,51-52H,3-5,7,9-11,13,15-28,31,33,37-38,40,43,45-46H2,1-2H3,(H,50,53)/b8-6-,14-12-,30-29+,35-32-,36-34+,41-39-,44-42+. The van der Waals surface area contributed by atoms with Gasteiger partial charge in [0.25, 0.3) is 0 Å². The lowest BCUT2D eigenvalue weighted by Gasteiger charge is -2.19. The second kappa shape index (κ2) is 44.0. The molecule has 2 atom stereocenters. The molecular formula is C49H85NO3. The Bertz CT molecular complexity index is 972. The average molecular weight is 736 g/mol. The molecule has 0 saturated heterocycles. The number of aliphatic hydroxyl groups is 2. The molecule has 0 fully saturated rings. The Labute approximate surface area is 329 Å². The maximum absolute atomic E-state index is 12.3. The molecule has 0 heterocycles. The predicted molar refractivity (Wildman–Crippen MR) is 234 cm³/mol. The number of nitrogens with one attached hydrogen (secondary N) is 1. The Hall–Kier alpha value is -2.43. The van der Waals surface area contributed by atoms with Crippen molar-refractivity contribution >= 4 is 5.91 Å². The number of unbranched alkanes of at least 4 members (excludes halogenated alkanes) is 20. The minimum atomic E-state index is -0.903. The van der Waals surface area contributed by atoms with E-state index in [0.29, 0.717) is 12.8 Å². The first-order valence-electron chi connectivity index (χ1n) is 22.3. The summed E-state index contributed by atoms with van der Waals surface area (Å²) in [5.74, 6) is -0.161. The summed E-state index contributed by atoms with van der Waals surface area (Å²) < 4.78 is 0. The maximum Gasteiger partial charge on any atom is 0.220 e. The predicted octanol–water partition coefficient (Wildman–Crippen LogP) is 14.1. The van der Waals surface area contributed by atoms with Crippen molar-refractivity contribution in [2.24, 2.45) is 0 Å². The van der Waals surface area contributed by atoms with Crippen molar-refractivity contribution in [3.8, 4) is 0 Å². The molecule has 53 heavy (non-hydrogen) atoms. The summed E-state index contributed by atoms with van der Waals surface area (Å²) in [7, 11) is 0. The summed E-state index contributed by atoms with van der Waals surface area (Å²) in [5, 5.41) is 22.9. The van der Waals surface area contributed by atoms with Gasteiger partial charge in [0.2, 0.25) is 5.91 Å². The molecule has 0 spiro atoms. The van der Waals surface area contributed by atoms with Crippen LogP contribution in [0.15, 0.2) is 85.1 Å². The monoisotopic (exact) mass is 736 g/mol. The Morgan fingerprint density at radius 3 is 1.30 bits per heavy atom. The molecule has 1 amide bonds. The number of hydrogen-bond acceptors (Lipinski definition) is 3. The van der Waals surface area contributed by atoms with Crippen molar-refractivity contribution in [2.75, 3.05) is 6.61 Å². The average Bonchev–Trinajstić information content (AvgIpc) is 3.16. The van der Waals surface area contributed by atoms with Crippen molar-refractivity contribution in [3.63, 3.8) is 0 Å². The van der Waals surface area contributed by atoms with Crippen molar-refractivity contribution in [1.82, 2.24) is 5.32 Å². The smallest absolute Gasteiger partial charge is 0.220 e. The molecule has 3 N–H and O–H groups in total. The summed E-state index contributed by atoms with van der Waals surface area (Å²) in [4.78, 5) is 12.3. The van der Waals surface area contributed by atoms with Crippen LogP contribution in [0, 0.1) is 0 Å². The highest BCUT2D eigenvalue weighted by Gasteiger charge is 2.17. The van der Waals surface area contributed by atoms with Gasteiger partial charge in [-0.2, -0.15) is 0 Å². The fourth-order valence-electron chi connectivity index (χ4n) is 6.22. The van der Waals surface area contributed by atoms with Crippen LogP contribution in [-0.2, 0) is 4.79 Å². The Morgan fingerprint density at radius 2 is 0.849 bits per heavy atom. The van der Waals surface area contributed by atoms with E-state index in [2.05, 4.69) is 86.0 Å². The van der Waals surface area contributed by atoms with Crippen LogP contribution >= 0.6 is 0 Å². The third-order valence-corrected chi connectivity index (χ3v) is 9.60. The third kappa shape index (κ3) is 40.6. The van der Waals surface area contributed by atoms with Gasteiger partial charge in [0, 0.05) is 6.42 Å². The number of carbonyl (C=O) groups is 1. The minimum absolute atomic E-state index is 0.161. The van der Waals surface area contributed by atoms with E-state index in [9.17, 15) is 15.0 Å². The van der Waals surface area contributed by atoms with Crippen molar-refractivity contribution in [1.29, 1.82) is 0 Å². The number of allylic oxidation sites excluding steroid dienone is 13. The van der Waals surface area contributed by atoms with Gasteiger partial charge in [-0.25, -0.2) is 0 Å². The van der Waals surface area contributed by atoms with Gasteiger partial charge < -0.3 is 15.5 Å². The van der Waals surface area contributed by atoms with Gasteiger partial charge in [0.05, 0.1) is 18.8 Å². The van der Waals surface area contributed by atoms with Gasteiger partial charge >= 0.3 is 0 Å². The lowest BCUT2D eigenvalue weighted by atomic mass is 10.0. The highest BCUT2D eigenvalue weighted by molar-refractivity contribution is 5.76. The molecule has 4 nitrogen and oxygen atoms in total. The van der Waals surface area contributed by atoms with Crippen LogP contribution < -0.4 is 5.32 Å². The summed E-state index contributed by atoms with van der Waals surface area (Å²) in [6, 6.07) is -0.688. The first-order chi connectivity index (χ1) is 26.2. The van der Waals surface area contributed by atoms with Gasteiger partial charge in [-0.1, -0.05) is 208 Å². The Kier molecular flexibility index (Phi) is 42.0. The molecular weight excluding hydrogens is 651 g/mol. The molecule has 0 aliphatic heterocycles. The van der Waals surface area contributed by atoms with Crippen LogP contribution in [0.5, 0.6) is 0 Å². The van der Waals surface area contributed by atoms with E-state index in [1.807, 2.05) is 12.2 Å². The SMILES string of the molecule is CC/C=C\C/C=C\C/C=C\C/C=C\CCC(=O)NC(CO)C(O)/C=C/CC/C=C/CC/C=C/CCCCCCCCCCCCCCCCCCCC. The van der Waals surface area contributed by atoms with E-state index in [4.69, 9.17) is 0 Å². The second-order valence-corrected chi connectivity index (χ2v) is 14.7. The quantitative estimate of drug-likeness (QED) is 0.0435. The van der Waals surface area contributed by atoms with E-state index in [1.54, 1.807) is 6.08 Å². The maximum atomic E-state index is 12.3. The third-order valence-electron chi connectivity index (χ3n) is 9.60. The number of rotatable bonds is 39. The summed E-state index contributed by atoms with van der Waals surface area (Å²) in [5.41, 5.74) is 0. The summed E-state index contributed by atoms with van der Waals surface area (Å²) >= 11 is 0. The van der Waals surface area contributed by atoms with Gasteiger partial charge in [0.1, 0.15) is 0 Å². The first kappa shape index (κ1) is 50.6. The van der Waals surface area contributed by atoms with E-state index in [-0.39, 0.29) is 12.5 Å². The normalized spacial score (nSPS) is 13.8. The number of aliphatic hydroxyl groups excluding tert-OH is 2. The van der Waals surface area contributed by atoms with Gasteiger partial charge in [0.15, 0.2) is 0 Å². The first-order valence-corrected chi connectivity index (χ1v) is 22.3. The number of carbonyl (C=O) groups excluding carboxylic acids is 1. The summed E-state index contributed by atoms with van der Waals surface area (Å²) in [6.07, 6.45) is 64.4. The zero-order valence-corrected chi connectivity index (χ0v) is 34.8. The van der Waals surface area contributed by atoms with Crippen molar-refractivity contribution in [3.05, 3.63) is 85.1 Å². The van der Waals surface area contributed by atoms with E-state index < -0.39 is 12.1 Å². The molecule has 0 bridgehead atoms. The zero-order chi connectivity index (χ0) is 38.6. The van der Waals surface area contributed by atoms with Crippen LogP contribution in [-0.4, -0.2) is 34.9 Å². The van der Waals surface area contributed by atoms with Crippen molar-refractivity contribution in [2.45, 2.75) is 212 Å². The molecule has 2 unspecified atom stereocenters. The minimum Gasteiger partial charge on any atom is -0.394 e. The second-order valence-electron chi connectivity index (χ2n) is 14.7. The fourth-order valence-corrected chi connectivity index (χ4v) is 6.22. The van der Waals surface area contributed by atoms with Crippen molar-refractivity contribution < 1.29 is 15.0 Å². The fraction of sp³-hybridized carbons (Fsp3) is 0.694. The molecule has 0 aliphatic carbocycles. The largest absolute Gasteiger partial charge is 0.394 e. The molecule has 0 rings (SSSR count). The van der Waals surface area contributed by atoms with Gasteiger partial charge in [-0.05, 0) is 70.6 Å². The lowest BCUT2D eigenvalue weighted by molar-refractivity contribution is -0.122. The molecule has 0 aliphatic rings. The molecule has 4 heteroatoms. The van der Waals surface area contributed by atoms with E-state index in [1.165, 1.54) is 122 Å². The van der Waals surface area contributed by atoms with E-state index >= 15 is 0 Å². The Morgan fingerprint density at radius 1 is 0.472 bits per heavy atom. The molecule has 0 aromatic rings. The van der Waals surface area contributed by atoms with Gasteiger partial charge in [-0.15, -0.1) is 0 Å². The highest BCUT2D eigenvalue weighted by atomic mass is 16.3. The molecule has 304 valence electrons. The molecule has 0 radical (unpaired) electrons. The van der Waals surface area contributed by atoms with Crippen LogP contribution in [0.1, 0.15) is 200 Å². The highest BCUT2D eigenvalue weighted by Crippen LogP contribution is 2.15. The van der Waals surface area contributed by atoms with Crippen LogP contribution in [0.25, 0.3) is 0 Å². The lowest BCUT2D eigenvalue weighted by Crippen LogP contribution is -2.45. The molecule has 0 saturated carbocycles. The topological polar surface area (TPSA) is 69.6 Å². The van der Waals surface area contributed by atoms with Crippen LogP contribution in [0.2, 0.25) is 0 Å². The number of hydrogen-bond donors (Lipinski definition) is 3. The zero-order valence-electron chi connectivity index (χ0n) is 34.8. The molecule has 0 aromatic heterocycles.